The normalized spacial score (nSPS) is 16.8. The highest BCUT2D eigenvalue weighted by atomic mass is 16.5. The first-order chi connectivity index (χ1) is 11.2. The van der Waals surface area contributed by atoms with Gasteiger partial charge in [-0.15, -0.1) is 0 Å². The summed E-state index contributed by atoms with van der Waals surface area (Å²) in [5.41, 5.74) is 1.17. The van der Waals surface area contributed by atoms with E-state index in [-0.39, 0.29) is 11.9 Å². The van der Waals surface area contributed by atoms with Gasteiger partial charge in [0.25, 0.3) is 0 Å². The average Bonchev–Trinajstić information content (AvgIpc) is 2.61. The number of hydrogen-bond donors (Lipinski definition) is 1. The summed E-state index contributed by atoms with van der Waals surface area (Å²) in [6.45, 7) is 5.96. The minimum absolute atomic E-state index is 0.132. The second-order valence-corrected chi connectivity index (χ2v) is 5.85. The van der Waals surface area contributed by atoms with Gasteiger partial charge in [-0.3, -0.25) is 9.69 Å². The van der Waals surface area contributed by atoms with Crippen LogP contribution in [0.1, 0.15) is 37.8 Å². The van der Waals surface area contributed by atoms with E-state index in [1.165, 1.54) is 5.56 Å². The lowest BCUT2D eigenvalue weighted by Gasteiger charge is -2.35. The Bertz CT molecular complexity index is 487. The highest BCUT2D eigenvalue weighted by molar-refractivity contribution is 5.75. The van der Waals surface area contributed by atoms with Gasteiger partial charge in [-0.1, -0.05) is 25.5 Å². The Morgan fingerprint density at radius 1 is 1.39 bits per heavy atom. The van der Waals surface area contributed by atoms with Crippen LogP contribution in [0, 0.1) is 0 Å². The van der Waals surface area contributed by atoms with Gasteiger partial charge >= 0.3 is 0 Å². The largest absolute Gasteiger partial charge is 0.497 e. The van der Waals surface area contributed by atoms with Crippen LogP contribution in [0.25, 0.3) is 0 Å². The van der Waals surface area contributed by atoms with Crippen LogP contribution in [-0.4, -0.2) is 50.8 Å². The lowest BCUT2D eigenvalue weighted by molar-refractivity contribution is -0.121. The number of unbranched alkanes of at least 4 members (excludes halogenated alkanes) is 1. The molecule has 23 heavy (non-hydrogen) atoms. The number of carbonyl (C=O) groups is 1. The second-order valence-electron chi connectivity index (χ2n) is 5.85. The first kappa shape index (κ1) is 17.8. The summed E-state index contributed by atoms with van der Waals surface area (Å²) in [4.78, 5) is 14.3. The Morgan fingerprint density at radius 2 is 2.17 bits per heavy atom. The number of ether oxygens (including phenoxy) is 2. The lowest BCUT2D eigenvalue weighted by atomic mass is 10.0. The molecule has 1 aliphatic rings. The Balaban J connectivity index is 2.06. The number of nitrogens with one attached hydrogen (secondary N) is 1. The van der Waals surface area contributed by atoms with Gasteiger partial charge in [-0.25, -0.2) is 0 Å². The number of carbonyl (C=O) groups excluding carboxylic acids is 1. The number of hydrogen-bond acceptors (Lipinski definition) is 4. The standard InChI is InChI=1S/C18H28N2O3/c1-3-4-8-18(21)19-14-17(20-9-11-23-12-10-20)15-6-5-7-16(13-15)22-2/h5-7,13,17H,3-4,8-12,14H2,1-2H3,(H,19,21). The molecule has 1 unspecified atom stereocenters. The first-order valence-corrected chi connectivity index (χ1v) is 8.47. The fourth-order valence-electron chi connectivity index (χ4n) is 2.83. The SMILES string of the molecule is CCCCC(=O)NCC(c1cccc(OC)c1)N1CCOCC1. The van der Waals surface area contributed by atoms with Crippen molar-refractivity contribution >= 4 is 5.91 Å². The molecule has 5 heteroatoms. The maximum atomic E-state index is 12.0. The van der Waals surface area contributed by atoms with Gasteiger partial charge in [0.1, 0.15) is 5.75 Å². The summed E-state index contributed by atoms with van der Waals surface area (Å²) in [5.74, 6) is 0.978. The van der Waals surface area contributed by atoms with Crippen LogP contribution in [0.5, 0.6) is 5.75 Å². The molecule has 0 bridgehead atoms. The van der Waals surface area contributed by atoms with E-state index >= 15 is 0 Å². The number of benzene rings is 1. The van der Waals surface area contributed by atoms with Gasteiger partial charge in [-0.2, -0.15) is 0 Å². The summed E-state index contributed by atoms with van der Waals surface area (Å²) >= 11 is 0. The van der Waals surface area contributed by atoms with Gasteiger partial charge in [0.2, 0.25) is 5.91 Å². The molecule has 1 aromatic carbocycles. The van der Waals surface area contributed by atoms with E-state index in [4.69, 9.17) is 9.47 Å². The Kier molecular flexibility index (Phi) is 7.36. The third kappa shape index (κ3) is 5.52. The Hall–Kier alpha value is -1.59. The highest BCUT2D eigenvalue weighted by Gasteiger charge is 2.23. The Morgan fingerprint density at radius 3 is 2.87 bits per heavy atom. The molecule has 0 aromatic heterocycles. The van der Waals surface area contributed by atoms with Crippen molar-refractivity contribution in [1.82, 2.24) is 10.2 Å². The predicted molar refractivity (Wildman–Crippen MR) is 90.7 cm³/mol. The fourth-order valence-corrected chi connectivity index (χ4v) is 2.83. The third-order valence-electron chi connectivity index (χ3n) is 4.21. The maximum Gasteiger partial charge on any atom is 0.220 e. The van der Waals surface area contributed by atoms with Crippen LogP contribution in [0.2, 0.25) is 0 Å². The van der Waals surface area contributed by atoms with Gasteiger partial charge in [0.05, 0.1) is 26.4 Å². The number of morpholine rings is 1. The van der Waals surface area contributed by atoms with Crippen LogP contribution < -0.4 is 10.1 Å². The zero-order valence-corrected chi connectivity index (χ0v) is 14.2. The van der Waals surface area contributed by atoms with E-state index < -0.39 is 0 Å². The van der Waals surface area contributed by atoms with Crippen molar-refractivity contribution in [2.75, 3.05) is 40.0 Å². The predicted octanol–water partition coefficient (Wildman–Crippen LogP) is 2.37. The van der Waals surface area contributed by atoms with E-state index in [1.54, 1.807) is 7.11 Å². The van der Waals surface area contributed by atoms with Crippen molar-refractivity contribution in [3.63, 3.8) is 0 Å². The molecule has 0 saturated carbocycles. The number of methoxy groups -OCH3 is 1. The highest BCUT2D eigenvalue weighted by Crippen LogP contribution is 2.24. The minimum Gasteiger partial charge on any atom is -0.497 e. The molecule has 5 nitrogen and oxygen atoms in total. The smallest absolute Gasteiger partial charge is 0.220 e. The molecule has 1 fully saturated rings. The number of amides is 1. The van der Waals surface area contributed by atoms with E-state index in [2.05, 4.69) is 29.3 Å². The molecule has 0 spiro atoms. The van der Waals surface area contributed by atoms with Crippen molar-refractivity contribution in [2.24, 2.45) is 0 Å². The second kappa shape index (κ2) is 9.53. The third-order valence-corrected chi connectivity index (χ3v) is 4.21. The van der Waals surface area contributed by atoms with Crippen LogP contribution in [0.4, 0.5) is 0 Å². The molecule has 1 amide bonds. The van der Waals surface area contributed by atoms with Crippen LogP contribution >= 0.6 is 0 Å². The summed E-state index contributed by atoms with van der Waals surface area (Å²) in [5, 5.41) is 3.09. The maximum absolute atomic E-state index is 12.0. The van der Waals surface area contributed by atoms with Crippen molar-refractivity contribution < 1.29 is 14.3 Å². The van der Waals surface area contributed by atoms with Gasteiger partial charge in [-0.05, 0) is 24.1 Å². The summed E-state index contributed by atoms with van der Waals surface area (Å²) in [6, 6.07) is 8.25. The quantitative estimate of drug-likeness (QED) is 0.799. The zero-order valence-electron chi connectivity index (χ0n) is 14.2. The minimum atomic E-state index is 0.132. The number of nitrogens with zero attached hydrogens (tertiary/aromatic N) is 1. The molecular weight excluding hydrogens is 292 g/mol. The molecule has 1 heterocycles. The molecule has 1 aliphatic heterocycles. The van der Waals surface area contributed by atoms with Crippen LogP contribution in [-0.2, 0) is 9.53 Å². The van der Waals surface area contributed by atoms with Gasteiger partial charge in [0, 0.05) is 26.1 Å². The van der Waals surface area contributed by atoms with E-state index in [1.807, 2.05) is 12.1 Å². The zero-order chi connectivity index (χ0) is 16.5. The monoisotopic (exact) mass is 320 g/mol. The molecular formula is C18H28N2O3. The van der Waals surface area contributed by atoms with E-state index in [9.17, 15) is 4.79 Å². The van der Waals surface area contributed by atoms with E-state index in [0.29, 0.717) is 13.0 Å². The van der Waals surface area contributed by atoms with Crippen molar-refractivity contribution in [2.45, 2.75) is 32.2 Å². The average molecular weight is 320 g/mol. The number of rotatable bonds is 8. The molecule has 1 aromatic rings. The topological polar surface area (TPSA) is 50.8 Å². The van der Waals surface area contributed by atoms with Crippen LogP contribution in [0.15, 0.2) is 24.3 Å². The molecule has 1 atom stereocenters. The van der Waals surface area contributed by atoms with Crippen molar-refractivity contribution in [3.05, 3.63) is 29.8 Å². The Labute approximate surface area is 139 Å². The van der Waals surface area contributed by atoms with E-state index in [0.717, 1.165) is 44.9 Å². The molecule has 128 valence electrons. The summed E-state index contributed by atoms with van der Waals surface area (Å²) in [7, 11) is 1.68. The van der Waals surface area contributed by atoms with Gasteiger partial charge < -0.3 is 14.8 Å². The first-order valence-electron chi connectivity index (χ1n) is 8.47. The van der Waals surface area contributed by atoms with Crippen molar-refractivity contribution in [1.29, 1.82) is 0 Å². The molecule has 0 aliphatic carbocycles. The molecule has 2 rings (SSSR count). The fraction of sp³-hybridized carbons (Fsp3) is 0.611. The molecule has 0 radical (unpaired) electrons. The van der Waals surface area contributed by atoms with Gasteiger partial charge in [0.15, 0.2) is 0 Å². The molecule has 1 N–H and O–H groups in total. The van der Waals surface area contributed by atoms with Crippen molar-refractivity contribution in [3.8, 4) is 5.75 Å². The van der Waals surface area contributed by atoms with Crippen LogP contribution in [0.3, 0.4) is 0 Å². The summed E-state index contributed by atoms with van der Waals surface area (Å²) in [6.07, 6.45) is 2.58. The summed E-state index contributed by atoms with van der Waals surface area (Å²) < 4.78 is 10.8. The lowest BCUT2D eigenvalue weighted by Crippen LogP contribution is -2.43. The molecule has 1 saturated heterocycles.